The zero-order valence-corrected chi connectivity index (χ0v) is 6.30. The Morgan fingerprint density at radius 1 is 1.80 bits per heavy atom. The van der Waals surface area contributed by atoms with Gasteiger partial charge in [0.15, 0.2) is 5.15 Å². The molecule has 1 aromatic heterocycles. The number of aryl methyl sites for hydroxylation is 1. The molecular weight excluding hydrogens is 152 g/mol. The summed E-state index contributed by atoms with van der Waals surface area (Å²) in [6, 6.07) is 0. The molecule has 54 valence electrons. The Hall–Kier alpha value is -0.830. The van der Waals surface area contributed by atoms with Crippen molar-refractivity contribution < 1.29 is 0 Å². The molecule has 0 saturated heterocycles. The van der Waals surface area contributed by atoms with Crippen molar-refractivity contribution in [3.63, 3.8) is 0 Å². The van der Waals surface area contributed by atoms with E-state index in [-0.39, 0.29) is 10.7 Å². The molecule has 0 amide bonds. The van der Waals surface area contributed by atoms with E-state index in [2.05, 4.69) is 4.98 Å². The van der Waals surface area contributed by atoms with Crippen LogP contribution in [0.2, 0.25) is 5.15 Å². The summed E-state index contributed by atoms with van der Waals surface area (Å²) >= 11 is 5.45. The molecule has 0 fully saturated rings. The third-order valence-electron chi connectivity index (χ3n) is 1.21. The van der Waals surface area contributed by atoms with Gasteiger partial charge in [-0.05, 0) is 6.92 Å². The summed E-state index contributed by atoms with van der Waals surface area (Å²) in [5, 5.41) is 0.0318. The van der Waals surface area contributed by atoms with Crippen molar-refractivity contribution >= 4 is 11.6 Å². The van der Waals surface area contributed by atoms with Crippen LogP contribution >= 0.6 is 11.6 Å². The number of halogens is 1. The number of hydrogen-bond acceptors (Lipinski definition) is 2. The molecule has 0 atom stereocenters. The van der Waals surface area contributed by atoms with Gasteiger partial charge in [0.05, 0.1) is 0 Å². The fourth-order valence-electron chi connectivity index (χ4n) is 0.670. The van der Waals surface area contributed by atoms with Gasteiger partial charge >= 0.3 is 0 Å². The summed E-state index contributed by atoms with van der Waals surface area (Å²) in [6.07, 6.45) is 3.11. The molecule has 4 heteroatoms. The van der Waals surface area contributed by atoms with E-state index in [9.17, 15) is 4.79 Å². The maximum atomic E-state index is 11.0. The minimum atomic E-state index is -0.230. The van der Waals surface area contributed by atoms with Gasteiger partial charge in [0.2, 0.25) is 0 Å². The first-order valence-corrected chi connectivity index (χ1v) is 3.34. The highest BCUT2D eigenvalue weighted by molar-refractivity contribution is 6.29. The zero-order valence-electron chi connectivity index (χ0n) is 5.54. The summed E-state index contributed by atoms with van der Waals surface area (Å²) in [7, 11) is 0. The topological polar surface area (TPSA) is 34.9 Å². The number of nitrogens with zero attached hydrogens (tertiary/aromatic N) is 2. The molecule has 3 nitrogen and oxygen atoms in total. The van der Waals surface area contributed by atoms with Gasteiger partial charge in [-0.1, -0.05) is 11.6 Å². The summed E-state index contributed by atoms with van der Waals surface area (Å²) in [5.74, 6) is 0. The number of hydrogen-bond donors (Lipinski definition) is 0. The minimum Gasteiger partial charge on any atom is -0.312 e. The van der Waals surface area contributed by atoms with E-state index in [4.69, 9.17) is 11.6 Å². The van der Waals surface area contributed by atoms with E-state index in [1.165, 1.54) is 10.8 Å². The van der Waals surface area contributed by atoms with E-state index < -0.39 is 0 Å². The quantitative estimate of drug-likeness (QED) is 0.609. The molecule has 0 spiro atoms. The predicted octanol–water partition coefficient (Wildman–Crippen LogP) is 0.917. The highest BCUT2D eigenvalue weighted by Crippen LogP contribution is 1.92. The molecule has 10 heavy (non-hydrogen) atoms. The Balaban J connectivity index is 3.28. The van der Waals surface area contributed by atoms with Crippen molar-refractivity contribution in [2.24, 2.45) is 0 Å². The molecule has 0 bridgehead atoms. The van der Waals surface area contributed by atoms with Gasteiger partial charge in [-0.3, -0.25) is 4.79 Å². The largest absolute Gasteiger partial charge is 0.312 e. The molecule has 0 aliphatic carbocycles. The molecule has 0 aliphatic heterocycles. The first-order valence-electron chi connectivity index (χ1n) is 2.96. The van der Waals surface area contributed by atoms with Crippen LogP contribution in [0, 0.1) is 0 Å². The van der Waals surface area contributed by atoms with Crippen LogP contribution in [0.5, 0.6) is 0 Å². The lowest BCUT2D eigenvalue weighted by Gasteiger charge is -1.98. The van der Waals surface area contributed by atoms with Crippen LogP contribution in [-0.4, -0.2) is 9.55 Å². The molecule has 0 aromatic carbocycles. The standard InChI is InChI=1S/C6H7ClN2O/c1-2-9-4-3-8-5(7)6(9)10/h3-4H,2H2,1H3. The maximum absolute atomic E-state index is 11.0. The maximum Gasteiger partial charge on any atom is 0.288 e. The van der Waals surface area contributed by atoms with Crippen molar-refractivity contribution in [1.29, 1.82) is 0 Å². The minimum absolute atomic E-state index is 0.0318. The first kappa shape index (κ1) is 7.28. The number of rotatable bonds is 1. The highest BCUT2D eigenvalue weighted by Gasteiger charge is 1.97. The van der Waals surface area contributed by atoms with Crippen molar-refractivity contribution in [3.05, 3.63) is 27.9 Å². The van der Waals surface area contributed by atoms with E-state index in [1.54, 1.807) is 6.20 Å². The van der Waals surface area contributed by atoms with E-state index in [1.807, 2.05) is 6.92 Å². The van der Waals surface area contributed by atoms with E-state index in [0.29, 0.717) is 6.54 Å². The van der Waals surface area contributed by atoms with Crippen LogP contribution in [0.15, 0.2) is 17.2 Å². The third-order valence-corrected chi connectivity index (χ3v) is 1.47. The van der Waals surface area contributed by atoms with E-state index in [0.717, 1.165) is 0 Å². The second kappa shape index (κ2) is 2.84. The Morgan fingerprint density at radius 3 is 3.00 bits per heavy atom. The summed E-state index contributed by atoms with van der Waals surface area (Å²) < 4.78 is 1.50. The molecule has 0 aliphatic rings. The van der Waals surface area contributed by atoms with Crippen molar-refractivity contribution in [2.45, 2.75) is 13.5 Å². The fraction of sp³-hybridized carbons (Fsp3) is 0.333. The van der Waals surface area contributed by atoms with Crippen LogP contribution in [-0.2, 0) is 6.54 Å². The lowest BCUT2D eigenvalue weighted by Crippen LogP contribution is -2.19. The molecule has 1 heterocycles. The lowest BCUT2D eigenvalue weighted by atomic mass is 10.6. The Kier molecular flexibility index (Phi) is 2.06. The Morgan fingerprint density at radius 2 is 2.50 bits per heavy atom. The predicted molar refractivity (Wildman–Crippen MR) is 39.2 cm³/mol. The molecule has 1 rings (SSSR count). The first-order chi connectivity index (χ1) is 4.75. The van der Waals surface area contributed by atoms with Crippen molar-refractivity contribution in [1.82, 2.24) is 9.55 Å². The van der Waals surface area contributed by atoms with Gasteiger partial charge in [0.1, 0.15) is 0 Å². The Bertz CT molecular complexity index is 281. The van der Waals surface area contributed by atoms with Crippen LogP contribution in [0.1, 0.15) is 6.92 Å². The summed E-state index contributed by atoms with van der Waals surface area (Å²) in [5.41, 5.74) is -0.230. The summed E-state index contributed by atoms with van der Waals surface area (Å²) in [4.78, 5) is 14.6. The van der Waals surface area contributed by atoms with Crippen LogP contribution in [0.4, 0.5) is 0 Å². The van der Waals surface area contributed by atoms with E-state index >= 15 is 0 Å². The van der Waals surface area contributed by atoms with Crippen molar-refractivity contribution in [2.75, 3.05) is 0 Å². The number of aromatic nitrogens is 2. The van der Waals surface area contributed by atoms with Gasteiger partial charge < -0.3 is 4.57 Å². The van der Waals surface area contributed by atoms with Gasteiger partial charge in [-0.2, -0.15) is 0 Å². The van der Waals surface area contributed by atoms with Crippen LogP contribution in [0.3, 0.4) is 0 Å². The normalized spacial score (nSPS) is 9.80. The second-order valence-corrected chi connectivity index (χ2v) is 2.17. The monoisotopic (exact) mass is 158 g/mol. The van der Waals surface area contributed by atoms with Gasteiger partial charge in [-0.25, -0.2) is 4.98 Å². The lowest BCUT2D eigenvalue weighted by molar-refractivity contribution is 0.718. The summed E-state index contributed by atoms with van der Waals surface area (Å²) in [6.45, 7) is 2.50. The molecule has 0 unspecified atom stereocenters. The molecule has 0 N–H and O–H groups in total. The average Bonchev–Trinajstić information content (AvgIpc) is 1.95. The average molecular weight is 159 g/mol. The van der Waals surface area contributed by atoms with Crippen molar-refractivity contribution in [3.8, 4) is 0 Å². The smallest absolute Gasteiger partial charge is 0.288 e. The molecular formula is C6H7ClN2O. The highest BCUT2D eigenvalue weighted by atomic mass is 35.5. The Labute approximate surface area is 63.3 Å². The van der Waals surface area contributed by atoms with Crippen LogP contribution in [0.25, 0.3) is 0 Å². The van der Waals surface area contributed by atoms with Crippen LogP contribution < -0.4 is 5.56 Å². The molecule has 0 radical (unpaired) electrons. The van der Waals surface area contributed by atoms with Gasteiger partial charge in [-0.15, -0.1) is 0 Å². The van der Waals surface area contributed by atoms with Gasteiger partial charge in [0, 0.05) is 18.9 Å². The fourth-order valence-corrected chi connectivity index (χ4v) is 0.835. The molecule has 1 aromatic rings. The third kappa shape index (κ3) is 1.19. The second-order valence-electron chi connectivity index (χ2n) is 1.81. The van der Waals surface area contributed by atoms with Gasteiger partial charge in [0.25, 0.3) is 5.56 Å². The molecule has 0 saturated carbocycles. The SMILES string of the molecule is CCn1ccnc(Cl)c1=O. The zero-order chi connectivity index (χ0) is 7.56.